The van der Waals surface area contributed by atoms with Gasteiger partial charge in [-0.15, -0.1) is 0 Å². The van der Waals surface area contributed by atoms with Crippen molar-refractivity contribution >= 4 is 5.71 Å². The zero-order valence-electron chi connectivity index (χ0n) is 5.68. The molecule has 0 amide bonds. The first kappa shape index (κ1) is 7.63. The smallest absolute Gasteiger partial charge is 0.0888 e. The Morgan fingerprint density at radius 2 is 2.25 bits per heavy atom. The molecule has 8 heavy (non-hydrogen) atoms. The molecule has 0 rings (SSSR count). The van der Waals surface area contributed by atoms with Gasteiger partial charge in [-0.1, -0.05) is 6.92 Å². The molecule has 0 heterocycles. The summed E-state index contributed by atoms with van der Waals surface area (Å²) in [5, 5.41) is 8.88. The van der Waals surface area contributed by atoms with Gasteiger partial charge >= 0.3 is 0 Å². The van der Waals surface area contributed by atoms with E-state index in [1.54, 1.807) is 14.0 Å². The SMILES string of the molecule is CCC(=NC)C(C)O. The van der Waals surface area contributed by atoms with Crippen LogP contribution in [0.25, 0.3) is 0 Å². The van der Waals surface area contributed by atoms with Crippen LogP contribution in [0.15, 0.2) is 4.99 Å². The maximum Gasteiger partial charge on any atom is 0.0888 e. The predicted octanol–water partition coefficient (Wildman–Crippen LogP) is 0.848. The monoisotopic (exact) mass is 115 g/mol. The zero-order valence-corrected chi connectivity index (χ0v) is 5.68. The van der Waals surface area contributed by atoms with E-state index in [4.69, 9.17) is 5.11 Å². The summed E-state index contributed by atoms with van der Waals surface area (Å²) in [6.07, 6.45) is 0.471. The first-order valence-electron chi connectivity index (χ1n) is 2.86. The lowest BCUT2D eigenvalue weighted by molar-refractivity contribution is 0.260. The largest absolute Gasteiger partial charge is 0.387 e. The van der Waals surface area contributed by atoms with Gasteiger partial charge in [-0.3, -0.25) is 4.99 Å². The van der Waals surface area contributed by atoms with Crippen molar-refractivity contribution in [3.8, 4) is 0 Å². The Morgan fingerprint density at radius 3 is 2.25 bits per heavy atom. The van der Waals surface area contributed by atoms with Crippen LogP contribution < -0.4 is 0 Å². The van der Waals surface area contributed by atoms with Crippen molar-refractivity contribution < 1.29 is 5.11 Å². The van der Waals surface area contributed by atoms with Crippen LogP contribution in [0.3, 0.4) is 0 Å². The molecule has 0 aromatic rings. The molecule has 0 saturated carbocycles. The molecule has 1 unspecified atom stereocenters. The van der Waals surface area contributed by atoms with Crippen LogP contribution in [0.2, 0.25) is 0 Å². The fourth-order valence-electron chi connectivity index (χ4n) is 0.640. The molecule has 0 aromatic carbocycles. The molecule has 0 saturated heterocycles. The molecule has 2 nitrogen and oxygen atoms in total. The topological polar surface area (TPSA) is 32.6 Å². The lowest BCUT2D eigenvalue weighted by Crippen LogP contribution is -2.14. The number of hydrogen-bond donors (Lipinski definition) is 1. The molecule has 0 aliphatic heterocycles. The normalized spacial score (nSPS) is 16.2. The molecule has 0 spiro atoms. The lowest BCUT2D eigenvalue weighted by Gasteiger charge is -2.02. The Morgan fingerprint density at radius 1 is 1.75 bits per heavy atom. The number of rotatable bonds is 2. The maximum absolute atomic E-state index is 8.88. The van der Waals surface area contributed by atoms with Crippen LogP contribution in [-0.2, 0) is 0 Å². The van der Waals surface area contributed by atoms with Gasteiger partial charge in [-0.25, -0.2) is 0 Å². The third-order valence-corrected chi connectivity index (χ3v) is 1.13. The van der Waals surface area contributed by atoms with Gasteiger partial charge < -0.3 is 5.11 Å². The molecule has 0 radical (unpaired) electrons. The zero-order chi connectivity index (χ0) is 6.57. The summed E-state index contributed by atoms with van der Waals surface area (Å²) < 4.78 is 0. The van der Waals surface area contributed by atoms with Crippen molar-refractivity contribution in [3.63, 3.8) is 0 Å². The second-order valence-corrected chi connectivity index (χ2v) is 1.74. The average molecular weight is 115 g/mol. The fourth-order valence-corrected chi connectivity index (χ4v) is 0.640. The van der Waals surface area contributed by atoms with E-state index in [1.165, 1.54) is 0 Å². The Bertz CT molecular complexity index is 86.5. The molecule has 2 heteroatoms. The van der Waals surface area contributed by atoms with E-state index in [0.29, 0.717) is 0 Å². The van der Waals surface area contributed by atoms with Crippen LogP contribution in [0.1, 0.15) is 20.3 Å². The standard InChI is InChI=1S/C6H13NO/c1-4-6(7-3)5(2)8/h5,8H,4H2,1-3H3. The number of aliphatic hydroxyl groups is 1. The molecule has 0 bridgehead atoms. The predicted molar refractivity (Wildman–Crippen MR) is 35.3 cm³/mol. The van der Waals surface area contributed by atoms with Gasteiger partial charge in [0, 0.05) is 12.8 Å². The first-order valence-corrected chi connectivity index (χ1v) is 2.86. The number of nitrogens with zero attached hydrogens (tertiary/aromatic N) is 1. The second kappa shape index (κ2) is 3.61. The molecule has 1 N–H and O–H groups in total. The summed E-state index contributed by atoms with van der Waals surface area (Å²) in [7, 11) is 1.70. The van der Waals surface area contributed by atoms with Gasteiger partial charge in [0.2, 0.25) is 0 Å². The second-order valence-electron chi connectivity index (χ2n) is 1.74. The maximum atomic E-state index is 8.88. The molecule has 0 fully saturated rings. The summed E-state index contributed by atoms with van der Waals surface area (Å²) in [4.78, 5) is 3.87. The first-order chi connectivity index (χ1) is 3.72. The van der Waals surface area contributed by atoms with Gasteiger partial charge in [0.05, 0.1) is 6.10 Å². The summed E-state index contributed by atoms with van der Waals surface area (Å²) in [6, 6.07) is 0. The Kier molecular flexibility index (Phi) is 3.44. The van der Waals surface area contributed by atoms with Crippen LogP contribution in [0, 0.1) is 0 Å². The number of aliphatic imine (C=N–C) groups is 1. The summed E-state index contributed by atoms with van der Waals surface area (Å²) >= 11 is 0. The Labute approximate surface area is 50.3 Å². The minimum atomic E-state index is -0.370. The quantitative estimate of drug-likeness (QED) is 0.531. The molecule has 0 aliphatic carbocycles. The number of hydrogen-bond acceptors (Lipinski definition) is 2. The molecular formula is C6H13NO. The van der Waals surface area contributed by atoms with Gasteiger partial charge in [-0.2, -0.15) is 0 Å². The highest BCUT2D eigenvalue weighted by Crippen LogP contribution is 1.90. The highest BCUT2D eigenvalue weighted by atomic mass is 16.3. The van der Waals surface area contributed by atoms with Crippen LogP contribution in [0.5, 0.6) is 0 Å². The third-order valence-electron chi connectivity index (χ3n) is 1.13. The average Bonchev–Trinajstić information content (AvgIpc) is 1.69. The van der Waals surface area contributed by atoms with Crippen molar-refractivity contribution in [2.45, 2.75) is 26.4 Å². The summed E-state index contributed by atoms with van der Waals surface area (Å²) in [5.74, 6) is 0. The fraction of sp³-hybridized carbons (Fsp3) is 0.833. The Hall–Kier alpha value is -0.370. The van der Waals surface area contributed by atoms with E-state index in [9.17, 15) is 0 Å². The highest BCUT2D eigenvalue weighted by Gasteiger charge is 1.99. The van der Waals surface area contributed by atoms with Crippen molar-refractivity contribution in [1.82, 2.24) is 0 Å². The minimum absolute atomic E-state index is 0.370. The third kappa shape index (κ3) is 2.07. The van der Waals surface area contributed by atoms with Gasteiger partial charge in [0.15, 0.2) is 0 Å². The van der Waals surface area contributed by atoms with Crippen LogP contribution >= 0.6 is 0 Å². The van der Waals surface area contributed by atoms with Crippen molar-refractivity contribution in [2.24, 2.45) is 4.99 Å². The van der Waals surface area contributed by atoms with E-state index in [2.05, 4.69) is 4.99 Å². The van der Waals surface area contributed by atoms with Crippen molar-refractivity contribution in [3.05, 3.63) is 0 Å². The van der Waals surface area contributed by atoms with Crippen LogP contribution in [-0.4, -0.2) is 24.0 Å². The van der Waals surface area contributed by atoms with E-state index in [1.807, 2.05) is 6.92 Å². The number of aliphatic hydroxyl groups excluding tert-OH is 1. The van der Waals surface area contributed by atoms with Gasteiger partial charge in [0.25, 0.3) is 0 Å². The van der Waals surface area contributed by atoms with Crippen molar-refractivity contribution in [2.75, 3.05) is 7.05 Å². The molecular weight excluding hydrogens is 102 g/mol. The summed E-state index contributed by atoms with van der Waals surface area (Å²) in [5.41, 5.74) is 0.866. The summed E-state index contributed by atoms with van der Waals surface area (Å²) in [6.45, 7) is 3.71. The van der Waals surface area contributed by atoms with E-state index >= 15 is 0 Å². The van der Waals surface area contributed by atoms with Crippen LogP contribution in [0.4, 0.5) is 0 Å². The molecule has 0 aliphatic rings. The minimum Gasteiger partial charge on any atom is -0.387 e. The van der Waals surface area contributed by atoms with Gasteiger partial charge in [0.1, 0.15) is 0 Å². The van der Waals surface area contributed by atoms with E-state index in [0.717, 1.165) is 12.1 Å². The lowest BCUT2D eigenvalue weighted by atomic mass is 10.2. The van der Waals surface area contributed by atoms with Gasteiger partial charge in [-0.05, 0) is 13.3 Å². The molecule has 1 atom stereocenters. The van der Waals surface area contributed by atoms with E-state index in [-0.39, 0.29) is 6.10 Å². The Balaban J connectivity index is 3.72. The van der Waals surface area contributed by atoms with E-state index < -0.39 is 0 Å². The van der Waals surface area contributed by atoms with Crippen molar-refractivity contribution in [1.29, 1.82) is 0 Å². The molecule has 0 aromatic heterocycles. The highest BCUT2D eigenvalue weighted by molar-refractivity contribution is 5.87. The molecule has 48 valence electrons.